The van der Waals surface area contributed by atoms with Crippen LogP contribution in [0, 0.1) is 0 Å². The first-order chi connectivity index (χ1) is 10.0. The van der Waals surface area contributed by atoms with Gasteiger partial charge in [-0.3, -0.25) is 4.79 Å². The second-order valence-electron chi connectivity index (χ2n) is 4.34. The molecule has 6 heteroatoms. The van der Waals surface area contributed by atoms with Crippen molar-refractivity contribution in [3.8, 4) is 0 Å². The average Bonchev–Trinajstić information content (AvgIpc) is 2.46. The van der Waals surface area contributed by atoms with E-state index in [0.717, 1.165) is 5.56 Å². The van der Waals surface area contributed by atoms with E-state index >= 15 is 0 Å². The number of nitrogens with zero attached hydrogens (tertiary/aromatic N) is 1. The molecule has 0 spiro atoms. The molecule has 0 unspecified atom stereocenters. The van der Waals surface area contributed by atoms with Gasteiger partial charge in [-0.25, -0.2) is 0 Å². The molecule has 2 N–H and O–H groups in total. The van der Waals surface area contributed by atoms with E-state index in [9.17, 15) is 4.79 Å². The lowest BCUT2D eigenvalue weighted by molar-refractivity contribution is 0.102. The summed E-state index contributed by atoms with van der Waals surface area (Å²) in [4.78, 5) is 12.2. The molecule has 0 saturated heterocycles. The van der Waals surface area contributed by atoms with Crippen LogP contribution in [0.3, 0.4) is 0 Å². The molecule has 4 nitrogen and oxygen atoms in total. The Bertz CT molecular complexity index is 717. The molecular weight excluding hydrogens is 356 g/mol. The SMILES string of the molecule is C/C(=N/O)c1cccc(NC(=O)c2ccc(Cl)cc2Br)c1. The number of hydrogen-bond acceptors (Lipinski definition) is 3. The maximum absolute atomic E-state index is 12.2. The van der Waals surface area contributed by atoms with Crippen LogP contribution in [-0.4, -0.2) is 16.8 Å². The molecule has 2 aromatic rings. The molecule has 0 heterocycles. The molecule has 0 aliphatic carbocycles. The van der Waals surface area contributed by atoms with Gasteiger partial charge in [-0.05, 0) is 53.2 Å². The molecular formula is C15H12BrClN2O2. The first-order valence-corrected chi connectivity index (χ1v) is 7.24. The summed E-state index contributed by atoms with van der Waals surface area (Å²) < 4.78 is 0.622. The molecule has 21 heavy (non-hydrogen) atoms. The smallest absolute Gasteiger partial charge is 0.256 e. The van der Waals surface area contributed by atoms with Gasteiger partial charge in [0.15, 0.2) is 0 Å². The zero-order chi connectivity index (χ0) is 15.4. The van der Waals surface area contributed by atoms with Crippen LogP contribution in [0.2, 0.25) is 5.02 Å². The Balaban J connectivity index is 2.23. The van der Waals surface area contributed by atoms with Crippen LogP contribution in [0.5, 0.6) is 0 Å². The third kappa shape index (κ3) is 3.83. The lowest BCUT2D eigenvalue weighted by atomic mass is 10.1. The molecule has 108 valence electrons. The van der Waals surface area contributed by atoms with E-state index in [-0.39, 0.29) is 5.91 Å². The van der Waals surface area contributed by atoms with Gasteiger partial charge in [0.25, 0.3) is 5.91 Å². The summed E-state index contributed by atoms with van der Waals surface area (Å²) in [5.74, 6) is -0.255. The predicted molar refractivity (Wildman–Crippen MR) is 87.5 cm³/mol. The molecule has 1 amide bonds. The quantitative estimate of drug-likeness (QED) is 0.475. The number of benzene rings is 2. The second kappa shape index (κ2) is 6.74. The monoisotopic (exact) mass is 366 g/mol. The minimum Gasteiger partial charge on any atom is -0.411 e. The van der Waals surface area contributed by atoms with Crippen molar-refractivity contribution in [3.05, 3.63) is 63.1 Å². The van der Waals surface area contributed by atoms with Crippen LogP contribution in [0.4, 0.5) is 5.69 Å². The highest BCUT2D eigenvalue weighted by Gasteiger charge is 2.11. The molecule has 0 saturated carbocycles. The van der Waals surface area contributed by atoms with Gasteiger partial charge in [-0.2, -0.15) is 0 Å². The lowest BCUT2D eigenvalue weighted by Gasteiger charge is -2.08. The van der Waals surface area contributed by atoms with Gasteiger partial charge in [0.1, 0.15) is 0 Å². The summed E-state index contributed by atoms with van der Waals surface area (Å²) >= 11 is 9.17. The summed E-state index contributed by atoms with van der Waals surface area (Å²) in [6, 6.07) is 12.0. The number of carbonyl (C=O) groups excluding carboxylic acids is 1. The van der Waals surface area contributed by atoms with Crippen molar-refractivity contribution in [3.63, 3.8) is 0 Å². The summed E-state index contributed by atoms with van der Waals surface area (Å²) in [5.41, 5.74) is 2.30. The largest absolute Gasteiger partial charge is 0.411 e. The topological polar surface area (TPSA) is 61.7 Å². The Kier molecular flexibility index (Phi) is 4.98. The Morgan fingerprint density at radius 1 is 1.29 bits per heavy atom. The van der Waals surface area contributed by atoms with E-state index in [1.807, 2.05) is 0 Å². The Labute approximate surface area is 135 Å². The molecule has 0 aliphatic rings. The molecule has 0 fully saturated rings. The van der Waals surface area contributed by atoms with Crippen molar-refractivity contribution in [1.82, 2.24) is 0 Å². The molecule has 0 bridgehead atoms. The number of rotatable bonds is 3. The van der Waals surface area contributed by atoms with Crippen LogP contribution in [0.1, 0.15) is 22.8 Å². The Morgan fingerprint density at radius 3 is 2.71 bits per heavy atom. The van der Waals surface area contributed by atoms with Crippen molar-refractivity contribution < 1.29 is 10.0 Å². The van der Waals surface area contributed by atoms with Crippen LogP contribution >= 0.6 is 27.5 Å². The van der Waals surface area contributed by atoms with Crippen LogP contribution in [0.15, 0.2) is 52.1 Å². The molecule has 0 atom stereocenters. The van der Waals surface area contributed by atoms with Crippen LogP contribution < -0.4 is 5.32 Å². The van der Waals surface area contributed by atoms with Crippen molar-refractivity contribution in [1.29, 1.82) is 0 Å². The highest BCUT2D eigenvalue weighted by molar-refractivity contribution is 9.10. The molecule has 2 rings (SSSR count). The normalized spacial score (nSPS) is 11.3. The van der Waals surface area contributed by atoms with Gasteiger partial charge < -0.3 is 10.5 Å². The number of anilines is 1. The maximum Gasteiger partial charge on any atom is 0.256 e. The number of hydrogen-bond donors (Lipinski definition) is 2. The highest BCUT2D eigenvalue weighted by Crippen LogP contribution is 2.23. The zero-order valence-electron chi connectivity index (χ0n) is 11.1. The van der Waals surface area contributed by atoms with Crippen LogP contribution in [-0.2, 0) is 0 Å². The number of amides is 1. The van der Waals surface area contributed by atoms with Gasteiger partial charge in [0.2, 0.25) is 0 Å². The predicted octanol–water partition coefficient (Wildman–Crippen LogP) is 4.55. The fourth-order valence-corrected chi connectivity index (χ4v) is 2.61. The second-order valence-corrected chi connectivity index (χ2v) is 5.64. The van der Waals surface area contributed by atoms with E-state index in [2.05, 4.69) is 26.4 Å². The minimum atomic E-state index is -0.255. The summed E-state index contributed by atoms with van der Waals surface area (Å²) in [5, 5.41) is 15.3. The molecule has 0 aromatic heterocycles. The van der Waals surface area contributed by atoms with E-state index < -0.39 is 0 Å². The van der Waals surface area contributed by atoms with E-state index in [0.29, 0.717) is 26.5 Å². The maximum atomic E-state index is 12.2. The van der Waals surface area contributed by atoms with Gasteiger partial charge in [0, 0.05) is 20.7 Å². The van der Waals surface area contributed by atoms with Gasteiger partial charge in [-0.1, -0.05) is 28.9 Å². The molecule has 2 aromatic carbocycles. The fraction of sp³-hybridized carbons (Fsp3) is 0.0667. The fourth-order valence-electron chi connectivity index (χ4n) is 1.75. The average molecular weight is 368 g/mol. The molecule has 0 aliphatic heterocycles. The number of nitrogens with one attached hydrogen (secondary N) is 1. The van der Waals surface area contributed by atoms with Gasteiger partial charge in [-0.15, -0.1) is 0 Å². The van der Waals surface area contributed by atoms with Crippen molar-refractivity contribution in [2.45, 2.75) is 6.92 Å². The number of carbonyl (C=O) groups is 1. The molecule has 0 radical (unpaired) electrons. The minimum absolute atomic E-state index is 0.255. The highest BCUT2D eigenvalue weighted by atomic mass is 79.9. The standard InChI is InChI=1S/C15H12BrClN2O2/c1-9(19-21)10-3-2-4-12(7-10)18-15(20)13-6-5-11(17)8-14(13)16/h2-8,21H,1H3,(H,18,20)/b19-9-. The van der Waals surface area contributed by atoms with Gasteiger partial charge in [0.05, 0.1) is 11.3 Å². The van der Waals surface area contributed by atoms with Crippen molar-refractivity contribution in [2.24, 2.45) is 5.16 Å². The van der Waals surface area contributed by atoms with Gasteiger partial charge >= 0.3 is 0 Å². The summed E-state index contributed by atoms with van der Waals surface area (Å²) in [6.07, 6.45) is 0. The number of oxime groups is 1. The summed E-state index contributed by atoms with van der Waals surface area (Å²) in [6.45, 7) is 1.68. The first-order valence-electron chi connectivity index (χ1n) is 6.07. The van der Waals surface area contributed by atoms with Crippen LogP contribution in [0.25, 0.3) is 0 Å². The van der Waals surface area contributed by atoms with E-state index in [4.69, 9.17) is 16.8 Å². The van der Waals surface area contributed by atoms with Crippen molar-refractivity contribution >= 4 is 44.8 Å². The Morgan fingerprint density at radius 2 is 2.05 bits per heavy atom. The Hall–Kier alpha value is -1.85. The third-order valence-electron chi connectivity index (χ3n) is 2.86. The van der Waals surface area contributed by atoms with Crippen molar-refractivity contribution in [2.75, 3.05) is 5.32 Å². The first kappa shape index (κ1) is 15.5. The lowest BCUT2D eigenvalue weighted by Crippen LogP contribution is -2.13. The summed E-state index contributed by atoms with van der Waals surface area (Å²) in [7, 11) is 0. The third-order valence-corrected chi connectivity index (χ3v) is 3.76. The van der Waals surface area contributed by atoms with E-state index in [1.165, 1.54) is 0 Å². The number of halogens is 2. The zero-order valence-corrected chi connectivity index (χ0v) is 13.4. The van der Waals surface area contributed by atoms with E-state index in [1.54, 1.807) is 49.4 Å².